The molecule has 0 atom stereocenters. The van der Waals surface area contributed by atoms with E-state index in [2.05, 4.69) is 15.6 Å². The number of pyridine rings is 1. The number of carbonyl (C=O) groups is 1. The van der Waals surface area contributed by atoms with Crippen molar-refractivity contribution in [2.45, 2.75) is 0 Å². The van der Waals surface area contributed by atoms with Crippen LogP contribution in [0.5, 0.6) is 0 Å². The number of anilines is 1. The molecule has 0 aliphatic rings. The van der Waals surface area contributed by atoms with Gasteiger partial charge in [0.25, 0.3) is 5.91 Å². The number of sulfonamides is 1. The molecule has 20 heavy (non-hydrogen) atoms. The lowest BCUT2D eigenvalue weighted by Crippen LogP contribution is -2.34. The van der Waals surface area contributed by atoms with Gasteiger partial charge < -0.3 is 10.6 Å². The number of hydrogen-bond donors (Lipinski definition) is 2. The van der Waals surface area contributed by atoms with Gasteiger partial charge >= 0.3 is 0 Å². The molecule has 0 unspecified atom stereocenters. The molecule has 0 saturated carbocycles. The monoisotopic (exact) mass is 320 g/mol. The van der Waals surface area contributed by atoms with Crippen molar-refractivity contribution in [1.82, 2.24) is 14.6 Å². The van der Waals surface area contributed by atoms with Crippen molar-refractivity contribution >= 4 is 33.3 Å². The van der Waals surface area contributed by atoms with Crippen LogP contribution in [0, 0.1) is 0 Å². The maximum absolute atomic E-state index is 11.9. The van der Waals surface area contributed by atoms with Crippen LogP contribution in [0.3, 0.4) is 0 Å². The van der Waals surface area contributed by atoms with E-state index in [0.717, 1.165) is 4.31 Å². The first kappa shape index (κ1) is 16.7. The topological polar surface area (TPSA) is 91.4 Å². The molecule has 0 aliphatic carbocycles. The Morgan fingerprint density at radius 1 is 1.40 bits per heavy atom. The van der Waals surface area contributed by atoms with Crippen LogP contribution < -0.4 is 10.6 Å². The predicted molar refractivity (Wildman–Crippen MR) is 78.6 cm³/mol. The van der Waals surface area contributed by atoms with Crippen LogP contribution in [0.15, 0.2) is 12.1 Å². The van der Waals surface area contributed by atoms with E-state index < -0.39 is 15.9 Å². The summed E-state index contributed by atoms with van der Waals surface area (Å²) in [5, 5.41) is 5.48. The van der Waals surface area contributed by atoms with Crippen molar-refractivity contribution in [3.05, 3.63) is 22.8 Å². The molecule has 9 heteroatoms. The standard InChI is InChI=1S/C11H17ClN4O3S/c1-13-9-5-4-8(12)10(15-9)11(17)14-6-7-20(18,19)16(2)3/h4-5H,6-7H2,1-3H3,(H,13,15)(H,14,17). The molecule has 1 aromatic heterocycles. The van der Waals surface area contributed by atoms with Gasteiger partial charge in [0, 0.05) is 27.7 Å². The summed E-state index contributed by atoms with van der Waals surface area (Å²) in [7, 11) is 1.20. The van der Waals surface area contributed by atoms with Gasteiger partial charge in [-0.2, -0.15) is 0 Å². The largest absolute Gasteiger partial charge is 0.373 e. The zero-order valence-corrected chi connectivity index (χ0v) is 13.0. The van der Waals surface area contributed by atoms with E-state index in [1.165, 1.54) is 14.1 Å². The molecule has 1 rings (SSSR count). The van der Waals surface area contributed by atoms with E-state index in [1.54, 1.807) is 19.2 Å². The number of aromatic nitrogens is 1. The number of nitrogens with zero attached hydrogens (tertiary/aromatic N) is 2. The highest BCUT2D eigenvalue weighted by atomic mass is 35.5. The number of halogens is 1. The average Bonchev–Trinajstić information content (AvgIpc) is 2.38. The third-order valence-corrected chi connectivity index (χ3v) is 4.66. The Hall–Kier alpha value is -1.38. The van der Waals surface area contributed by atoms with Gasteiger partial charge in [0.15, 0.2) is 0 Å². The second kappa shape index (κ2) is 6.87. The first-order chi connectivity index (χ1) is 9.27. The Morgan fingerprint density at radius 3 is 2.60 bits per heavy atom. The number of amides is 1. The van der Waals surface area contributed by atoms with E-state index >= 15 is 0 Å². The van der Waals surface area contributed by atoms with E-state index in [-0.39, 0.29) is 23.0 Å². The van der Waals surface area contributed by atoms with E-state index in [4.69, 9.17) is 11.6 Å². The number of rotatable bonds is 6. The van der Waals surface area contributed by atoms with Gasteiger partial charge in [-0.3, -0.25) is 4.79 Å². The summed E-state index contributed by atoms with van der Waals surface area (Å²) >= 11 is 5.89. The van der Waals surface area contributed by atoms with Crippen LogP contribution in [0.25, 0.3) is 0 Å². The fourth-order valence-corrected chi connectivity index (χ4v) is 2.22. The lowest BCUT2D eigenvalue weighted by molar-refractivity contribution is 0.0951. The second-order valence-electron chi connectivity index (χ2n) is 4.13. The molecule has 1 amide bonds. The van der Waals surface area contributed by atoms with Gasteiger partial charge in [-0.05, 0) is 12.1 Å². The number of nitrogens with one attached hydrogen (secondary N) is 2. The Balaban J connectivity index is 2.69. The summed E-state index contributed by atoms with van der Waals surface area (Å²) in [6.45, 7) is -0.0128. The minimum absolute atomic E-state index is 0.0128. The van der Waals surface area contributed by atoms with Crippen LogP contribution in [-0.2, 0) is 10.0 Å². The van der Waals surface area contributed by atoms with Gasteiger partial charge in [0.05, 0.1) is 10.8 Å². The zero-order chi connectivity index (χ0) is 15.3. The van der Waals surface area contributed by atoms with Crippen molar-refractivity contribution in [2.24, 2.45) is 0 Å². The van der Waals surface area contributed by atoms with Gasteiger partial charge in [-0.1, -0.05) is 11.6 Å². The normalized spacial score (nSPS) is 11.4. The third-order valence-electron chi connectivity index (χ3n) is 2.52. The molecule has 1 heterocycles. The maximum Gasteiger partial charge on any atom is 0.271 e. The van der Waals surface area contributed by atoms with Crippen molar-refractivity contribution in [3.8, 4) is 0 Å². The predicted octanol–water partition coefficient (Wildman–Crippen LogP) is 0.398. The highest BCUT2D eigenvalue weighted by Crippen LogP contribution is 2.16. The van der Waals surface area contributed by atoms with Crippen molar-refractivity contribution < 1.29 is 13.2 Å². The molecule has 7 nitrogen and oxygen atoms in total. The smallest absolute Gasteiger partial charge is 0.271 e. The highest BCUT2D eigenvalue weighted by Gasteiger charge is 2.16. The summed E-state index contributed by atoms with van der Waals surface area (Å²) in [5.41, 5.74) is 0.0563. The van der Waals surface area contributed by atoms with Crippen molar-refractivity contribution in [2.75, 3.05) is 38.8 Å². The van der Waals surface area contributed by atoms with Gasteiger partial charge in [-0.15, -0.1) is 0 Å². The third kappa shape index (κ3) is 4.32. The average molecular weight is 321 g/mol. The second-order valence-corrected chi connectivity index (χ2v) is 6.84. The Morgan fingerprint density at radius 2 is 2.05 bits per heavy atom. The Kier molecular flexibility index (Phi) is 5.73. The quantitative estimate of drug-likeness (QED) is 0.791. The van der Waals surface area contributed by atoms with Gasteiger partial charge in [0.1, 0.15) is 11.5 Å². The Labute approximate surface area is 123 Å². The number of carbonyl (C=O) groups excluding carboxylic acids is 1. The molecule has 0 radical (unpaired) electrons. The molecule has 0 fully saturated rings. The Bertz CT molecular complexity index is 589. The summed E-state index contributed by atoms with van der Waals surface area (Å²) < 4.78 is 24.2. The lowest BCUT2D eigenvalue weighted by atomic mass is 10.3. The molecule has 0 saturated heterocycles. The fraction of sp³-hybridized carbons (Fsp3) is 0.455. The summed E-state index contributed by atoms with van der Waals surface area (Å²) in [6.07, 6.45) is 0. The molecule has 0 aliphatic heterocycles. The van der Waals surface area contributed by atoms with Crippen LogP contribution in [-0.4, -0.2) is 57.1 Å². The molecule has 0 bridgehead atoms. The first-order valence-electron chi connectivity index (χ1n) is 5.80. The van der Waals surface area contributed by atoms with E-state index in [9.17, 15) is 13.2 Å². The fourth-order valence-electron chi connectivity index (χ4n) is 1.30. The highest BCUT2D eigenvalue weighted by molar-refractivity contribution is 7.89. The molecule has 0 spiro atoms. The van der Waals surface area contributed by atoms with Crippen LogP contribution >= 0.6 is 11.6 Å². The van der Waals surface area contributed by atoms with Crippen LogP contribution in [0.4, 0.5) is 5.82 Å². The van der Waals surface area contributed by atoms with Gasteiger partial charge in [-0.25, -0.2) is 17.7 Å². The van der Waals surface area contributed by atoms with Crippen molar-refractivity contribution in [3.63, 3.8) is 0 Å². The maximum atomic E-state index is 11.9. The molecular formula is C11H17ClN4O3S. The first-order valence-corrected chi connectivity index (χ1v) is 7.79. The minimum Gasteiger partial charge on any atom is -0.373 e. The van der Waals surface area contributed by atoms with Crippen LogP contribution in [0.2, 0.25) is 5.02 Å². The summed E-state index contributed by atoms with van der Waals surface area (Å²) in [6, 6.07) is 3.18. The SMILES string of the molecule is CNc1ccc(Cl)c(C(=O)NCCS(=O)(=O)N(C)C)n1. The van der Waals surface area contributed by atoms with E-state index in [0.29, 0.717) is 5.82 Å². The molecule has 0 aromatic carbocycles. The molecular weight excluding hydrogens is 304 g/mol. The van der Waals surface area contributed by atoms with Crippen LogP contribution in [0.1, 0.15) is 10.5 Å². The van der Waals surface area contributed by atoms with Crippen molar-refractivity contribution in [1.29, 1.82) is 0 Å². The minimum atomic E-state index is -3.35. The number of hydrogen-bond acceptors (Lipinski definition) is 5. The lowest BCUT2D eigenvalue weighted by Gasteiger charge is -2.12. The molecule has 112 valence electrons. The van der Waals surface area contributed by atoms with Gasteiger partial charge in [0.2, 0.25) is 10.0 Å². The zero-order valence-electron chi connectivity index (χ0n) is 11.5. The molecule has 2 N–H and O–H groups in total. The summed E-state index contributed by atoms with van der Waals surface area (Å²) in [4.78, 5) is 15.9. The van der Waals surface area contributed by atoms with E-state index in [1.807, 2.05) is 0 Å². The summed E-state index contributed by atoms with van der Waals surface area (Å²) in [5.74, 6) is -0.198. The molecule has 1 aromatic rings.